The summed E-state index contributed by atoms with van der Waals surface area (Å²) in [6.45, 7) is 11.6. The van der Waals surface area contributed by atoms with Crippen molar-refractivity contribution in [3.8, 4) is 44.5 Å². The highest BCUT2D eigenvalue weighted by Gasteiger charge is 2.37. The number of benzene rings is 7. The summed E-state index contributed by atoms with van der Waals surface area (Å²) < 4.78 is 0. The number of nitrogens with zero attached hydrogens (tertiary/aromatic N) is 1. The molecule has 0 radical (unpaired) electrons. The molecule has 60 heavy (non-hydrogen) atoms. The lowest BCUT2D eigenvalue weighted by molar-refractivity contribution is 0.590. The van der Waals surface area contributed by atoms with Crippen molar-refractivity contribution in [1.29, 1.82) is 0 Å². The normalized spacial score (nSPS) is 17.3. The molecule has 3 aliphatic rings. The molecule has 0 spiro atoms. The molecule has 0 aromatic heterocycles. The van der Waals surface area contributed by atoms with Gasteiger partial charge in [0.25, 0.3) is 0 Å². The van der Waals surface area contributed by atoms with E-state index in [1.54, 1.807) is 0 Å². The molecule has 1 nitrogen and oxygen atoms in total. The van der Waals surface area contributed by atoms with E-state index >= 15 is 0 Å². The fourth-order valence-corrected chi connectivity index (χ4v) is 9.80. The first-order chi connectivity index (χ1) is 29.1. The molecule has 7 aromatic rings. The molecule has 0 fully saturated rings. The highest BCUT2D eigenvalue weighted by molar-refractivity contribution is 5.92. The van der Waals surface area contributed by atoms with Gasteiger partial charge in [-0.1, -0.05) is 205 Å². The Morgan fingerprint density at radius 2 is 1.05 bits per heavy atom. The third kappa shape index (κ3) is 6.59. The van der Waals surface area contributed by atoms with E-state index in [9.17, 15) is 0 Å². The molecule has 7 aromatic carbocycles. The standard InChI is InChI=1S/C59H51N/c1-58(2,3)46-30-27-43(28-31-46)49-34-32-47(38-52(49)41-19-10-7-11-20-41)60(48-33-35-55-53(39-48)51-25-14-15-26-54(51)59(55,4)5)56-36-29-42-21-12-13-24-50(42)57(56)45-23-16-22-44(37-45)40-17-8-6-9-18-40/h6-39,42,50H,1-5H3. The van der Waals surface area contributed by atoms with Crippen molar-refractivity contribution in [3.63, 3.8) is 0 Å². The molecule has 10 rings (SSSR count). The van der Waals surface area contributed by atoms with Crippen molar-refractivity contribution in [2.24, 2.45) is 11.8 Å². The molecule has 1 heteroatoms. The van der Waals surface area contributed by atoms with Gasteiger partial charge in [0.05, 0.1) is 5.70 Å². The molecular formula is C59H51N. The fourth-order valence-electron chi connectivity index (χ4n) is 9.80. The molecular weight excluding hydrogens is 723 g/mol. The molecule has 3 aliphatic carbocycles. The van der Waals surface area contributed by atoms with E-state index in [0.29, 0.717) is 0 Å². The fraction of sp³-hybridized carbons (Fsp3) is 0.153. The van der Waals surface area contributed by atoms with Crippen molar-refractivity contribution in [1.82, 2.24) is 0 Å². The minimum Gasteiger partial charge on any atom is -0.310 e. The lowest BCUT2D eigenvalue weighted by Gasteiger charge is -2.37. The minimum atomic E-state index is -0.0839. The Hall–Kier alpha value is -6.70. The monoisotopic (exact) mass is 773 g/mol. The van der Waals surface area contributed by atoms with Crippen molar-refractivity contribution in [2.75, 3.05) is 4.90 Å². The van der Waals surface area contributed by atoms with Gasteiger partial charge < -0.3 is 4.90 Å². The molecule has 0 aliphatic heterocycles. The Kier molecular flexibility index (Phi) is 9.29. The zero-order valence-electron chi connectivity index (χ0n) is 35.2. The van der Waals surface area contributed by atoms with Gasteiger partial charge in [0.1, 0.15) is 0 Å². The van der Waals surface area contributed by atoms with Crippen LogP contribution in [0, 0.1) is 11.8 Å². The summed E-state index contributed by atoms with van der Waals surface area (Å²) in [4.78, 5) is 2.54. The maximum absolute atomic E-state index is 2.54. The van der Waals surface area contributed by atoms with Gasteiger partial charge in [0.2, 0.25) is 0 Å². The molecule has 292 valence electrons. The quantitative estimate of drug-likeness (QED) is 0.156. The van der Waals surface area contributed by atoms with Gasteiger partial charge in [0.15, 0.2) is 0 Å². The van der Waals surface area contributed by atoms with Crippen LogP contribution in [0.3, 0.4) is 0 Å². The number of anilines is 2. The van der Waals surface area contributed by atoms with Gasteiger partial charge in [0, 0.05) is 28.6 Å². The van der Waals surface area contributed by atoms with Crippen LogP contribution in [0.5, 0.6) is 0 Å². The number of rotatable bonds is 7. The zero-order chi connectivity index (χ0) is 41.0. The predicted octanol–water partition coefficient (Wildman–Crippen LogP) is 15.8. The van der Waals surface area contributed by atoms with Crippen LogP contribution < -0.4 is 4.90 Å². The molecule has 2 atom stereocenters. The van der Waals surface area contributed by atoms with Crippen molar-refractivity contribution >= 4 is 16.9 Å². The Balaban J connectivity index is 1.23. The Bertz CT molecular complexity index is 2860. The molecule has 2 unspecified atom stereocenters. The van der Waals surface area contributed by atoms with Crippen molar-refractivity contribution < 1.29 is 0 Å². The zero-order valence-corrected chi connectivity index (χ0v) is 35.2. The van der Waals surface area contributed by atoms with E-state index in [0.717, 1.165) is 11.4 Å². The van der Waals surface area contributed by atoms with Gasteiger partial charge >= 0.3 is 0 Å². The lowest BCUT2D eigenvalue weighted by Crippen LogP contribution is -2.25. The summed E-state index contributed by atoms with van der Waals surface area (Å²) in [5.41, 5.74) is 20.0. The van der Waals surface area contributed by atoms with Crippen LogP contribution in [0.1, 0.15) is 56.9 Å². The van der Waals surface area contributed by atoms with E-state index in [2.05, 4.69) is 246 Å². The van der Waals surface area contributed by atoms with E-state index in [1.165, 1.54) is 78.0 Å². The number of hydrogen-bond donors (Lipinski definition) is 0. The van der Waals surface area contributed by atoms with Gasteiger partial charge in [-0.2, -0.15) is 0 Å². The average Bonchev–Trinajstić information content (AvgIpc) is 3.52. The molecule has 0 heterocycles. The van der Waals surface area contributed by atoms with Crippen LogP contribution in [0.25, 0.3) is 50.1 Å². The van der Waals surface area contributed by atoms with E-state index in [-0.39, 0.29) is 22.7 Å². The maximum Gasteiger partial charge on any atom is 0.0503 e. The van der Waals surface area contributed by atoms with Crippen LogP contribution in [0.4, 0.5) is 11.4 Å². The van der Waals surface area contributed by atoms with Crippen LogP contribution in [0.2, 0.25) is 0 Å². The smallest absolute Gasteiger partial charge is 0.0503 e. The molecule has 0 amide bonds. The summed E-state index contributed by atoms with van der Waals surface area (Å²) >= 11 is 0. The third-order valence-electron chi connectivity index (χ3n) is 13.0. The van der Waals surface area contributed by atoms with E-state index in [1.807, 2.05) is 0 Å². The van der Waals surface area contributed by atoms with Gasteiger partial charge in [-0.15, -0.1) is 0 Å². The average molecular weight is 774 g/mol. The van der Waals surface area contributed by atoms with Gasteiger partial charge in [-0.25, -0.2) is 0 Å². The van der Waals surface area contributed by atoms with Gasteiger partial charge in [-0.05, 0) is 114 Å². The van der Waals surface area contributed by atoms with Crippen LogP contribution in [-0.4, -0.2) is 0 Å². The Morgan fingerprint density at radius 1 is 0.450 bits per heavy atom. The molecule has 0 saturated heterocycles. The van der Waals surface area contributed by atoms with E-state index in [4.69, 9.17) is 0 Å². The second-order valence-corrected chi connectivity index (χ2v) is 18.1. The van der Waals surface area contributed by atoms with Gasteiger partial charge in [-0.3, -0.25) is 0 Å². The predicted molar refractivity (Wildman–Crippen MR) is 255 cm³/mol. The first-order valence-electron chi connectivity index (χ1n) is 21.4. The number of allylic oxidation sites excluding steroid dienone is 7. The molecule has 0 saturated carbocycles. The summed E-state index contributed by atoms with van der Waals surface area (Å²) in [6.07, 6.45) is 14.0. The van der Waals surface area contributed by atoms with Crippen molar-refractivity contribution in [2.45, 2.75) is 45.4 Å². The van der Waals surface area contributed by atoms with Crippen LogP contribution in [0.15, 0.2) is 212 Å². The van der Waals surface area contributed by atoms with Crippen molar-refractivity contribution in [3.05, 3.63) is 234 Å². The summed E-state index contributed by atoms with van der Waals surface area (Å²) in [5, 5.41) is 0. The number of fused-ring (bicyclic) bond motifs is 4. The van der Waals surface area contributed by atoms with Crippen LogP contribution in [-0.2, 0) is 10.8 Å². The highest BCUT2D eigenvalue weighted by Crippen LogP contribution is 2.52. The minimum absolute atomic E-state index is 0.0820. The largest absolute Gasteiger partial charge is 0.310 e. The first-order valence-corrected chi connectivity index (χ1v) is 21.4. The Labute approximate surface area is 356 Å². The topological polar surface area (TPSA) is 3.24 Å². The first kappa shape index (κ1) is 37.6. The third-order valence-corrected chi connectivity index (χ3v) is 13.0. The second kappa shape index (κ2) is 14.8. The molecule has 0 bridgehead atoms. The summed E-state index contributed by atoms with van der Waals surface area (Å²) in [7, 11) is 0. The summed E-state index contributed by atoms with van der Waals surface area (Å²) in [6, 6.07) is 63.3. The Morgan fingerprint density at radius 3 is 1.80 bits per heavy atom. The maximum atomic E-state index is 2.54. The SMILES string of the molecule is CC(C)(C)c1ccc(-c2ccc(N(C3=C(c4cccc(-c5ccccc5)c4)C4C=CC=CC4C=C3)c3ccc4c(c3)-c3ccccc3C4(C)C)cc2-c2ccccc2)cc1. The van der Waals surface area contributed by atoms with E-state index < -0.39 is 0 Å². The highest BCUT2D eigenvalue weighted by atomic mass is 15.2. The summed E-state index contributed by atoms with van der Waals surface area (Å²) in [5.74, 6) is 0.439. The second-order valence-electron chi connectivity index (χ2n) is 18.1. The number of hydrogen-bond acceptors (Lipinski definition) is 1. The molecule has 0 N–H and O–H groups in total. The van der Waals surface area contributed by atoms with Crippen LogP contribution >= 0.6 is 0 Å². The lowest BCUT2D eigenvalue weighted by atomic mass is 9.75.